The molecule has 210 valence electrons. The van der Waals surface area contributed by atoms with Crippen LogP contribution in [0.3, 0.4) is 0 Å². The molecule has 41 heavy (non-hydrogen) atoms. The molecule has 0 fully saturated rings. The maximum atomic E-state index is 10.6. The van der Waals surface area contributed by atoms with Crippen LogP contribution in [0, 0.1) is 13.8 Å². The molecule has 0 amide bonds. The second-order valence-electron chi connectivity index (χ2n) is 9.15. The number of phenols is 2. The number of nitrogens with one attached hydrogen (secondary N) is 1. The van der Waals surface area contributed by atoms with Crippen molar-refractivity contribution in [3.05, 3.63) is 168 Å². The summed E-state index contributed by atoms with van der Waals surface area (Å²) in [4.78, 5) is 0. The summed E-state index contributed by atoms with van der Waals surface area (Å²) in [5, 5.41) is 24.0. The quantitative estimate of drug-likeness (QED) is 0.0883. The summed E-state index contributed by atoms with van der Waals surface area (Å²) in [6.45, 7) is 8.97. The van der Waals surface area contributed by atoms with Crippen molar-refractivity contribution in [2.24, 2.45) is 0 Å². The van der Waals surface area contributed by atoms with Crippen LogP contribution in [0.1, 0.15) is 22.3 Å². The molecule has 5 aromatic rings. The van der Waals surface area contributed by atoms with E-state index in [1.807, 2.05) is 127 Å². The number of para-hydroxylation sites is 2. The minimum absolute atomic E-state index is 0. The van der Waals surface area contributed by atoms with Crippen molar-refractivity contribution in [2.75, 3.05) is 13.1 Å². The van der Waals surface area contributed by atoms with Gasteiger partial charge in [0.25, 0.3) is 0 Å². The van der Waals surface area contributed by atoms with Gasteiger partial charge in [-0.3, -0.25) is 0 Å². The Morgan fingerprint density at radius 1 is 0.537 bits per heavy atom. The molecule has 0 aliphatic heterocycles. The first-order valence-corrected chi connectivity index (χ1v) is 14.0. The Hall–Kier alpha value is -3.25. The van der Waals surface area contributed by atoms with Crippen LogP contribution in [-0.4, -0.2) is 23.3 Å². The van der Waals surface area contributed by atoms with Gasteiger partial charge in [-0.1, -0.05) is 72.8 Å². The Bertz CT molecular complexity index is 1380. The van der Waals surface area contributed by atoms with Crippen molar-refractivity contribution in [3.63, 3.8) is 0 Å². The fraction of sp³-hybridized carbons (Fsp3) is 0.111. The fourth-order valence-electron chi connectivity index (χ4n) is 3.93. The molecule has 0 atom stereocenters. The van der Waals surface area contributed by atoms with E-state index < -0.39 is 0 Å². The van der Waals surface area contributed by atoms with Crippen LogP contribution in [0.25, 0.3) is 11.1 Å². The van der Waals surface area contributed by atoms with Crippen molar-refractivity contribution < 1.29 is 36.1 Å². The van der Waals surface area contributed by atoms with E-state index in [0.29, 0.717) is 11.5 Å². The van der Waals surface area contributed by atoms with E-state index >= 15 is 0 Å². The molecule has 0 radical (unpaired) electrons. The summed E-state index contributed by atoms with van der Waals surface area (Å²) < 4.78 is 0.720. The SMILES string of the molecule is Oc1c(Br)cccc1CCNCCc1cccc(-c2ccccc2)c1O.[CH2-]c1ccccc1.[CH2-]c1ccccc1.[Hf]. The molecule has 0 aliphatic rings. The van der Waals surface area contributed by atoms with Gasteiger partial charge in [-0.05, 0) is 64.6 Å². The maximum Gasteiger partial charge on any atom is 0.132 e. The number of benzene rings is 5. The van der Waals surface area contributed by atoms with Crippen LogP contribution in [0.5, 0.6) is 11.5 Å². The first-order valence-electron chi connectivity index (χ1n) is 13.2. The van der Waals surface area contributed by atoms with Gasteiger partial charge in [0, 0.05) is 31.4 Å². The number of rotatable bonds is 7. The molecule has 0 aromatic heterocycles. The molecule has 3 N–H and O–H groups in total. The van der Waals surface area contributed by atoms with Crippen LogP contribution >= 0.6 is 15.9 Å². The van der Waals surface area contributed by atoms with Crippen LogP contribution in [0.15, 0.2) is 132 Å². The van der Waals surface area contributed by atoms with Gasteiger partial charge in [0.2, 0.25) is 0 Å². The number of hydrogen-bond donors (Lipinski definition) is 3. The van der Waals surface area contributed by atoms with Crippen molar-refractivity contribution in [3.8, 4) is 22.6 Å². The van der Waals surface area contributed by atoms with Gasteiger partial charge >= 0.3 is 0 Å². The zero-order valence-electron chi connectivity index (χ0n) is 23.1. The molecule has 0 spiro atoms. The van der Waals surface area contributed by atoms with E-state index in [9.17, 15) is 10.2 Å². The summed E-state index contributed by atoms with van der Waals surface area (Å²) in [6, 6.07) is 41.2. The van der Waals surface area contributed by atoms with E-state index in [4.69, 9.17) is 0 Å². The molecule has 0 bridgehead atoms. The Morgan fingerprint density at radius 2 is 0.976 bits per heavy atom. The third-order valence-corrected chi connectivity index (χ3v) is 6.74. The molecule has 0 aliphatic carbocycles. The predicted molar refractivity (Wildman–Crippen MR) is 171 cm³/mol. The third kappa shape index (κ3) is 12.0. The van der Waals surface area contributed by atoms with E-state index in [0.717, 1.165) is 63.8 Å². The predicted octanol–water partition coefficient (Wildman–Crippen LogP) is 8.64. The largest absolute Gasteiger partial charge is 0.507 e. The Labute approximate surface area is 272 Å². The number of halogens is 1. The van der Waals surface area contributed by atoms with Gasteiger partial charge in [-0.25, -0.2) is 0 Å². The summed E-state index contributed by atoms with van der Waals surface area (Å²) >= 11 is 3.34. The first kappa shape index (κ1) is 34.0. The van der Waals surface area contributed by atoms with Crippen LogP contribution < -0.4 is 5.32 Å². The molecule has 0 saturated carbocycles. The van der Waals surface area contributed by atoms with Crippen LogP contribution in [0.2, 0.25) is 0 Å². The molecular formula is C36H36BrHfNO2-2. The van der Waals surface area contributed by atoms with Crippen LogP contribution in [0.4, 0.5) is 0 Å². The molecule has 5 heteroatoms. The summed E-state index contributed by atoms with van der Waals surface area (Å²) in [7, 11) is 0. The third-order valence-electron chi connectivity index (χ3n) is 6.10. The second kappa shape index (κ2) is 19.0. The molecular weight excluding hydrogens is 737 g/mol. The van der Waals surface area contributed by atoms with Gasteiger partial charge in [-0.15, -0.1) is 24.3 Å². The average Bonchev–Trinajstić information content (AvgIpc) is 2.98. The van der Waals surface area contributed by atoms with Gasteiger partial charge < -0.3 is 15.5 Å². The molecule has 0 saturated heterocycles. The zero-order chi connectivity index (χ0) is 28.6. The standard InChI is InChI=1S/C22H22BrNO2.2C7H7.Hf/c23-20-11-5-9-18(22(20)26)13-15-24-14-12-17-8-4-10-19(21(17)25)16-6-2-1-3-7-16;2*1-7-5-3-2-4-6-7;/h1-11,24-26H,12-15H2;2*2-6H,1H2;/q;2*-1;. The van der Waals surface area contributed by atoms with Gasteiger partial charge in [-0.2, -0.15) is 49.2 Å². The van der Waals surface area contributed by atoms with Crippen molar-refractivity contribution in [2.45, 2.75) is 12.8 Å². The summed E-state index contributed by atoms with van der Waals surface area (Å²) in [5.41, 5.74) is 5.88. The normalized spacial score (nSPS) is 9.78. The van der Waals surface area contributed by atoms with Crippen molar-refractivity contribution >= 4 is 15.9 Å². The topological polar surface area (TPSA) is 52.5 Å². The van der Waals surface area contributed by atoms with E-state index in [2.05, 4.69) is 35.1 Å². The van der Waals surface area contributed by atoms with Gasteiger partial charge in [0.05, 0.1) is 4.47 Å². The Kier molecular flexibility index (Phi) is 15.7. The Balaban J connectivity index is 0.000000319. The van der Waals surface area contributed by atoms with E-state index in [-0.39, 0.29) is 25.8 Å². The second-order valence-corrected chi connectivity index (χ2v) is 10.0. The van der Waals surface area contributed by atoms with Crippen molar-refractivity contribution in [1.82, 2.24) is 5.32 Å². The fourth-order valence-corrected chi connectivity index (χ4v) is 4.34. The maximum absolute atomic E-state index is 10.6. The summed E-state index contributed by atoms with van der Waals surface area (Å²) in [6.07, 6.45) is 1.50. The van der Waals surface area contributed by atoms with E-state index in [1.165, 1.54) is 0 Å². The molecule has 5 aromatic carbocycles. The monoisotopic (exact) mass is 773 g/mol. The number of aromatic hydroxyl groups is 2. The first-order chi connectivity index (χ1) is 19.5. The smallest absolute Gasteiger partial charge is 0.132 e. The van der Waals surface area contributed by atoms with Crippen LogP contribution in [-0.2, 0) is 38.7 Å². The number of phenolic OH excluding ortho intramolecular Hbond substituents is 2. The Morgan fingerprint density at radius 3 is 1.44 bits per heavy atom. The zero-order valence-corrected chi connectivity index (χ0v) is 28.3. The molecule has 0 heterocycles. The average molecular weight is 773 g/mol. The minimum atomic E-state index is 0. The van der Waals surface area contributed by atoms with Crippen molar-refractivity contribution in [1.29, 1.82) is 0 Å². The van der Waals surface area contributed by atoms with Gasteiger partial charge in [0.1, 0.15) is 11.5 Å². The molecule has 0 unspecified atom stereocenters. The minimum Gasteiger partial charge on any atom is -0.507 e. The van der Waals surface area contributed by atoms with Gasteiger partial charge in [0.15, 0.2) is 0 Å². The van der Waals surface area contributed by atoms with E-state index in [1.54, 1.807) is 0 Å². The summed E-state index contributed by atoms with van der Waals surface area (Å²) in [5.74, 6) is 0.660. The molecule has 5 rings (SSSR count). The molecule has 3 nitrogen and oxygen atoms in total. The number of hydrogen-bond acceptors (Lipinski definition) is 3.